The van der Waals surface area contributed by atoms with Gasteiger partial charge in [0, 0.05) is 26.9 Å². The molecule has 0 rings (SSSR count). The van der Waals surface area contributed by atoms with E-state index in [4.69, 9.17) is 19.9 Å². The van der Waals surface area contributed by atoms with Crippen LogP contribution in [0.4, 0.5) is 0 Å². The first kappa shape index (κ1) is 14.8. The maximum Gasteiger partial charge on any atom is 0.0721 e. The van der Waals surface area contributed by atoms with Crippen LogP contribution in [0.2, 0.25) is 0 Å². The minimum absolute atomic E-state index is 0.146. The summed E-state index contributed by atoms with van der Waals surface area (Å²) in [4.78, 5) is 0. The number of rotatable bonds is 10. The third-order valence-corrected chi connectivity index (χ3v) is 2.17. The maximum absolute atomic E-state index is 5.58. The van der Waals surface area contributed by atoms with Gasteiger partial charge in [-0.15, -0.1) is 0 Å². The van der Waals surface area contributed by atoms with E-state index in [-0.39, 0.29) is 6.10 Å². The number of ether oxygens (including phenoxy) is 3. The summed E-state index contributed by atoms with van der Waals surface area (Å²) in [5, 5.41) is 0. The van der Waals surface area contributed by atoms with Crippen LogP contribution in [0.1, 0.15) is 20.3 Å². The van der Waals surface area contributed by atoms with Crippen LogP contribution in [-0.2, 0) is 14.2 Å². The minimum atomic E-state index is 0.146. The van der Waals surface area contributed by atoms with E-state index in [1.807, 2.05) is 0 Å². The van der Waals surface area contributed by atoms with E-state index < -0.39 is 0 Å². The monoisotopic (exact) mass is 219 g/mol. The molecule has 0 saturated carbocycles. The summed E-state index contributed by atoms with van der Waals surface area (Å²) in [5.74, 6) is 0.462. The van der Waals surface area contributed by atoms with Crippen molar-refractivity contribution in [2.45, 2.75) is 26.4 Å². The van der Waals surface area contributed by atoms with E-state index in [0.717, 1.165) is 19.6 Å². The van der Waals surface area contributed by atoms with Crippen LogP contribution in [0.3, 0.4) is 0 Å². The van der Waals surface area contributed by atoms with Gasteiger partial charge >= 0.3 is 0 Å². The molecule has 4 nitrogen and oxygen atoms in total. The number of hydrogen-bond donors (Lipinski definition) is 1. The summed E-state index contributed by atoms with van der Waals surface area (Å²) in [6.45, 7) is 7.51. The Morgan fingerprint density at radius 1 is 1.07 bits per heavy atom. The van der Waals surface area contributed by atoms with Crippen molar-refractivity contribution in [2.24, 2.45) is 11.7 Å². The molecular weight excluding hydrogens is 194 g/mol. The average Bonchev–Trinajstić information content (AvgIpc) is 2.21. The summed E-state index contributed by atoms with van der Waals surface area (Å²) in [5.41, 5.74) is 5.57. The standard InChI is InChI=1S/C11H25NO3/c1-10(2)11(9-12)15-8-7-14-6-4-5-13-3/h10-11H,4-9,12H2,1-3H3. The molecule has 4 heteroatoms. The van der Waals surface area contributed by atoms with Crippen LogP contribution in [-0.4, -0.2) is 46.2 Å². The quantitative estimate of drug-likeness (QED) is 0.558. The van der Waals surface area contributed by atoms with Gasteiger partial charge in [-0.2, -0.15) is 0 Å². The lowest BCUT2D eigenvalue weighted by Gasteiger charge is -2.19. The predicted octanol–water partition coefficient (Wildman–Crippen LogP) is 1.04. The summed E-state index contributed by atoms with van der Waals surface area (Å²) < 4.78 is 15.9. The minimum Gasteiger partial charge on any atom is -0.385 e. The summed E-state index contributed by atoms with van der Waals surface area (Å²) in [6, 6.07) is 0. The first-order valence-corrected chi connectivity index (χ1v) is 5.60. The van der Waals surface area contributed by atoms with Crippen molar-refractivity contribution in [3.63, 3.8) is 0 Å². The fourth-order valence-corrected chi connectivity index (χ4v) is 1.20. The van der Waals surface area contributed by atoms with Crippen LogP contribution < -0.4 is 5.73 Å². The average molecular weight is 219 g/mol. The highest BCUT2D eigenvalue weighted by Crippen LogP contribution is 2.04. The Kier molecular flexibility index (Phi) is 10.3. The smallest absolute Gasteiger partial charge is 0.0721 e. The molecule has 0 aromatic carbocycles. The van der Waals surface area contributed by atoms with Gasteiger partial charge in [0.25, 0.3) is 0 Å². The van der Waals surface area contributed by atoms with Crippen molar-refractivity contribution in [2.75, 3.05) is 40.1 Å². The molecule has 0 heterocycles. The Morgan fingerprint density at radius 2 is 1.80 bits per heavy atom. The molecule has 0 radical (unpaired) electrons. The molecule has 1 unspecified atom stereocenters. The van der Waals surface area contributed by atoms with Crippen molar-refractivity contribution in [3.05, 3.63) is 0 Å². The number of hydrogen-bond acceptors (Lipinski definition) is 4. The Hall–Kier alpha value is -0.160. The van der Waals surface area contributed by atoms with Gasteiger partial charge in [-0.05, 0) is 12.3 Å². The number of nitrogens with two attached hydrogens (primary N) is 1. The fourth-order valence-electron chi connectivity index (χ4n) is 1.20. The van der Waals surface area contributed by atoms with Crippen LogP contribution in [0.5, 0.6) is 0 Å². The van der Waals surface area contributed by atoms with Gasteiger partial charge in [-0.25, -0.2) is 0 Å². The van der Waals surface area contributed by atoms with Crippen LogP contribution in [0.25, 0.3) is 0 Å². The molecule has 0 aliphatic heterocycles. The van der Waals surface area contributed by atoms with E-state index in [9.17, 15) is 0 Å². The van der Waals surface area contributed by atoms with E-state index in [1.165, 1.54) is 0 Å². The highest BCUT2D eigenvalue weighted by molar-refractivity contribution is 4.62. The van der Waals surface area contributed by atoms with Gasteiger partial charge in [0.05, 0.1) is 19.3 Å². The molecule has 15 heavy (non-hydrogen) atoms. The molecule has 0 fully saturated rings. The van der Waals surface area contributed by atoms with Crippen molar-refractivity contribution in [1.82, 2.24) is 0 Å². The SMILES string of the molecule is COCCCOCCOC(CN)C(C)C. The Morgan fingerprint density at radius 3 is 2.33 bits per heavy atom. The Balaban J connectivity index is 3.22. The molecule has 0 amide bonds. The van der Waals surface area contributed by atoms with E-state index in [2.05, 4.69) is 13.8 Å². The van der Waals surface area contributed by atoms with Gasteiger partial charge in [0.2, 0.25) is 0 Å². The fraction of sp³-hybridized carbons (Fsp3) is 1.00. The van der Waals surface area contributed by atoms with Gasteiger partial charge < -0.3 is 19.9 Å². The highest BCUT2D eigenvalue weighted by atomic mass is 16.5. The topological polar surface area (TPSA) is 53.7 Å². The Bertz CT molecular complexity index is 131. The molecule has 2 N–H and O–H groups in total. The Labute approximate surface area is 93.1 Å². The number of methoxy groups -OCH3 is 1. The van der Waals surface area contributed by atoms with E-state index in [0.29, 0.717) is 25.7 Å². The van der Waals surface area contributed by atoms with Crippen molar-refractivity contribution >= 4 is 0 Å². The largest absolute Gasteiger partial charge is 0.385 e. The second kappa shape index (κ2) is 10.4. The van der Waals surface area contributed by atoms with E-state index >= 15 is 0 Å². The molecule has 0 saturated heterocycles. The summed E-state index contributed by atoms with van der Waals surface area (Å²) >= 11 is 0. The molecule has 0 spiro atoms. The van der Waals surface area contributed by atoms with Gasteiger partial charge in [0.1, 0.15) is 0 Å². The third-order valence-electron chi connectivity index (χ3n) is 2.17. The van der Waals surface area contributed by atoms with Gasteiger partial charge in [0.15, 0.2) is 0 Å². The van der Waals surface area contributed by atoms with Gasteiger partial charge in [-0.3, -0.25) is 0 Å². The zero-order chi connectivity index (χ0) is 11.5. The van der Waals surface area contributed by atoms with Crippen molar-refractivity contribution < 1.29 is 14.2 Å². The lowest BCUT2D eigenvalue weighted by atomic mass is 10.1. The molecule has 0 bridgehead atoms. The normalized spacial score (nSPS) is 13.4. The van der Waals surface area contributed by atoms with Crippen LogP contribution in [0.15, 0.2) is 0 Å². The molecule has 0 aromatic rings. The lowest BCUT2D eigenvalue weighted by molar-refractivity contribution is -0.0128. The summed E-state index contributed by atoms with van der Waals surface area (Å²) in [6.07, 6.45) is 1.08. The second-order valence-electron chi connectivity index (χ2n) is 3.85. The van der Waals surface area contributed by atoms with Crippen molar-refractivity contribution in [1.29, 1.82) is 0 Å². The predicted molar refractivity (Wildman–Crippen MR) is 60.9 cm³/mol. The van der Waals surface area contributed by atoms with Crippen LogP contribution >= 0.6 is 0 Å². The highest BCUT2D eigenvalue weighted by Gasteiger charge is 2.10. The van der Waals surface area contributed by atoms with E-state index in [1.54, 1.807) is 7.11 Å². The zero-order valence-corrected chi connectivity index (χ0v) is 10.2. The molecule has 92 valence electrons. The zero-order valence-electron chi connectivity index (χ0n) is 10.2. The molecule has 0 aliphatic carbocycles. The molecule has 1 atom stereocenters. The first-order valence-electron chi connectivity index (χ1n) is 5.60. The molecular formula is C11H25NO3. The summed E-state index contributed by atoms with van der Waals surface area (Å²) in [7, 11) is 1.69. The molecule has 0 aromatic heterocycles. The lowest BCUT2D eigenvalue weighted by Crippen LogP contribution is -2.30. The van der Waals surface area contributed by atoms with Crippen LogP contribution in [0, 0.1) is 5.92 Å². The molecule has 0 aliphatic rings. The first-order chi connectivity index (χ1) is 7.22. The second-order valence-corrected chi connectivity index (χ2v) is 3.85. The third kappa shape index (κ3) is 8.81. The van der Waals surface area contributed by atoms with Crippen molar-refractivity contribution in [3.8, 4) is 0 Å². The maximum atomic E-state index is 5.58. The van der Waals surface area contributed by atoms with Gasteiger partial charge in [-0.1, -0.05) is 13.8 Å².